The molecule has 0 aromatic carbocycles. The van der Waals surface area contributed by atoms with Crippen molar-refractivity contribution in [3.05, 3.63) is 58.4 Å². The summed E-state index contributed by atoms with van der Waals surface area (Å²) in [5, 5.41) is 18.1. The number of nitro groups is 1. The van der Waals surface area contributed by atoms with Crippen molar-refractivity contribution in [1.82, 2.24) is 14.8 Å². The zero-order valence-electron chi connectivity index (χ0n) is 10.8. The molecule has 8 nitrogen and oxygen atoms in total. The summed E-state index contributed by atoms with van der Waals surface area (Å²) in [6, 6.07) is 5.29. The Bertz CT molecular complexity index is 693. The molecule has 3 heterocycles. The summed E-state index contributed by atoms with van der Waals surface area (Å²) in [6.07, 6.45) is 5.16. The monoisotopic (exact) mass is 273 g/mol. The molecule has 0 bridgehead atoms. The van der Waals surface area contributed by atoms with Gasteiger partial charge in [-0.2, -0.15) is 10.1 Å². The van der Waals surface area contributed by atoms with Crippen molar-refractivity contribution in [2.75, 3.05) is 5.32 Å². The molecule has 0 fully saturated rings. The molecule has 1 N–H and O–H groups in total. The van der Waals surface area contributed by atoms with Crippen LogP contribution in [0.2, 0.25) is 0 Å². The van der Waals surface area contributed by atoms with Gasteiger partial charge in [0.15, 0.2) is 17.9 Å². The van der Waals surface area contributed by atoms with Gasteiger partial charge in [0.25, 0.3) is 5.70 Å². The molecule has 0 saturated carbocycles. The van der Waals surface area contributed by atoms with Crippen molar-refractivity contribution in [3.8, 4) is 0 Å². The molecule has 2 aromatic rings. The van der Waals surface area contributed by atoms with Gasteiger partial charge in [-0.05, 0) is 0 Å². The first kappa shape index (κ1) is 12.3. The number of aryl methyl sites for hydroxylation is 1. The van der Waals surface area contributed by atoms with E-state index in [-0.39, 0.29) is 10.6 Å². The summed E-state index contributed by atoms with van der Waals surface area (Å²) >= 11 is 0. The van der Waals surface area contributed by atoms with Crippen LogP contribution in [-0.4, -0.2) is 19.7 Å². The standard InChI is InChI=1S/C12H13N6O2/c1-16-5-3-2-4-9(16)6-10-11(18(19)20)7-13-12-14-8-15-17(10)12/h2-5,7-8,10H,6H2,1H3,(H,13,14,15)/q+1. The Labute approximate surface area is 114 Å². The second kappa shape index (κ2) is 4.72. The molecule has 1 aliphatic rings. The van der Waals surface area contributed by atoms with Gasteiger partial charge in [-0.3, -0.25) is 10.1 Å². The van der Waals surface area contributed by atoms with Gasteiger partial charge in [-0.1, -0.05) is 6.07 Å². The third-order valence-corrected chi connectivity index (χ3v) is 3.33. The second-order valence-electron chi connectivity index (χ2n) is 4.52. The van der Waals surface area contributed by atoms with Gasteiger partial charge in [0.05, 0.1) is 17.5 Å². The Morgan fingerprint density at radius 2 is 2.40 bits per heavy atom. The fourth-order valence-electron chi connectivity index (χ4n) is 2.28. The highest BCUT2D eigenvalue weighted by molar-refractivity contribution is 5.35. The van der Waals surface area contributed by atoms with Crippen LogP contribution in [0.25, 0.3) is 0 Å². The number of nitrogens with zero attached hydrogens (tertiary/aromatic N) is 5. The molecule has 0 spiro atoms. The Hall–Kier alpha value is -2.77. The number of rotatable bonds is 3. The maximum atomic E-state index is 11.2. The van der Waals surface area contributed by atoms with Crippen LogP contribution in [0.15, 0.2) is 42.6 Å². The Morgan fingerprint density at radius 3 is 3.15 bits per heavy atom. The van der Waals surface area contributed by atoms with E-state index < -0.39 is 6.04 Å². The van der Waals surface area contributed by atoms with E-state index in [2.05, 4.69) is 15.4 Å². The number of anilines is 1. The van der Waals surface area contributed by atoms with Gasteiger partial charge in [0.2, 0.25) is 5.95 Å². The summed E-state index contributed by atoms with van der Waals surface area (Å²) in [7, 11) is 1.91. The molecule has 2 aromatic heterocycles. The van der Waals surface area contributed by atoms with Gasteiger partial charge in [-0.15, -0.1) is 0 Å². The van der Waals surface area contributed by atoms with Crippen molar-refractivity contribution < 1.29 is 9.49 Å². The summed E-state index contributed by atoms with van der Waals surface area (Å²) in [5.74, 6) is 0.513. The van der Waals surface area contributed by atoms with Gasteiger partial charge in [0, 0.05) is 12.1 Å². The largest absolute Gasteiger partial charge is 0.325 e. The lowest BCUT2D eigenvalue weighted by Crippen LogP contribution is -2.36. The van der Waals surface area contributed by atoms with E-state index in [0.29, 0.717) is 12.4 Å². The molecule has 0 saturated heterocycles. The Balaban J connectivity index is 2.00. The minimum Gasteiger partial charge on any atom is -0.325 e. The first-order chi connectivity index (χ1) is 9.66. The lowest BCUT2D eigenvalue weighted by atomic mass is 10.1. The zero-order valence-corrected chi connectivity index (χ0v) is 10.8. The normalized spacial score (nSPS) is 17.1. The van der Waals surface area contributed by atoms with Crippen LogP contribution in [0, 0.1) is 10.1 Å². The van der Waals surface area contributed by atoms with Crippen LogP contribution >= 0.6 is 0 Å². The molecule has 20 heavy (non-hydrogen) atoms. The smallest absolute Gasteiger partial charge is 0.287 e. The van der Waals surface area contributed by atoms with Crippen molar-refractivity contribution >= 4 is 5.95 Å². The molecule has 0 radical (unpaired) electrons. The molecular weight excluding hydrogens is 260 g/mol. The maximum Gasteiger partial charge on any atom is 0.287 e. The number of hydrogen-bond donors (Lipinski definition) is 1. The highest BCUT2D eigenvalue weighted by Crippen LogP contribution is 2.27. The first-order valence-corrected chi connectivity index (χ1v) is 6.11. The molecule has 0 aliphatic carbocycles. The topological polar surface area (TPSA) is 89.8 Å². The lowest BCUT2D eigenvalue weighted by molar-refractivity contribution is -0.679. The second-order valence-corrected chi connectivity index (χ2v) is 4.52. The fraction of sp³-hybridized carbons (Fsp3) is 0.250. The van der Waals surface area contributed by atoms with E-state index in [0.717, 1.165) is 5.69 Å². The third-order valence-electron chi connectivity index (χ3n) is 3.33. The van der Waals surface area contributed by atoms with Crippen molar-refractivity contribution in [2.24, 2.45) is 7.05 Å². The van der Waals surface area contributed by atoms with Crippen LogP contribution in [0.3, 0.4) is 0 Å². The van der Waals surface area contributed by atoms with E-state index in [1.807, 2.05) is 36.0 Å². The number of fused-ring (bicyclic) bond motifs is 1. The molecule has 1 atom stereocenters. The highest BCUT2D eigenvalue weighted by Gasteiger charge is 2.34. The van der Waals surface area contributed by atoms with E-state index in [9.17, 15) is 10.1 Å². The molecule has 1 aliphatic heterocycles. The predicted molar refractivity (Wildman–Crippen MR) is 69.1 cm³/mol. The van der Waals surface area contributed by atoms with E-state index in [1.165, 1.54) is 12.5 Å². The molecule has 3 rings (SSSR count). The summed E-state index contributed by atoms with van der Waals surface area (Å²) in [4.78, 5) is 14.8. The minimum absolute atomic E-state index is 0.0758. The number of allylic oxidation sites excluding steroid dienone is 1. The lowest BCUT2D eigenvalue weighted by Gasteiger charge is -2.19. The average Bonchev–Trinajstić information content (AvgIpc) is 2.90. The van der Waals surface area contributed by atoms with E-state index in [1.54, 1.807) is 4.68 Å². The third kappa shape index (κ3) is 2.00. The number of aromatic nitrogens is 4. The zero-order chi connectivity index (χ0) is 14.1. The van der Waals surface area contributed by atoms with E-state index >= 15 is 0 Å². The summed E-state index contributed by atoms with van der Waals surface area (Å²) in [5.41, 5.74) is 1.06. The molecular formula is C12H13N6O2+. The SMILES string of the molecule is C[n+]1ccccc1CC1C([N+](=O)[O-])=CNc2ncnn21. The predicted octanol–water partition coefficient (Wildman–Crippen LogP) is 0.430. The fourth-order valence-corrected chi connectivity index (χ4v) is 2.28. The Kier molecular flexibility index (Phi) is 2.90. The van der Waals surface area contributed by atoms with Gasteiger partial charge >= 0.3 is 0 Å². The van der Waals surface area contributed by atoms with Crippen LogP contribution in [-0.2, 0) is 13.5 Å². The molecule has 8 heteroatoms. The Morgan fingerprint density at radius 1 is 1.55 bits per heavy atom. The minimum atomic E-state index is -0.475. The highest BCUT2D eigenvalue weighted by atomic mass is 16.6. The van der Waals surface area contributed by atoms with E-state index in [4.69, 9.17) is 0 Å². The average molecular weight is 273 g/mol. The van der Waals surface area contributed by atoms with Crippen molar-refractivity contribution in [2.45, 2.75) is 12.5 Å². The van der Waals surface area contributed by atoms with Crippen LogP contribution < -0.4 is 9.88 Å². The van der Waals surface area contributed by atoms with Crippen molar-refractivity contribution in [3.63, 3.8) is 0 Å². The van der Waals surface area contributed by atoms with Crippen LogP contribution in [0.4, 0.5) is 5.95 Å². The summed E-state index contributed by atoms with van der Waals surface area (Å²) in [6.45, 7) is 0. The van der Waals surface area contributed by atoms with Gasteiger partial charge in [0.1, 0.15) is 13.4 Å². The molecule has 0 amide bonds. The molecule has 102 valence electrons. The van der Waals surface area contributed by atoms with Crippen molar-refractivity contribution in [1.29, 1.82) is 0 Å². The maximum absolute atomic E-state index is 11.2. The summed E-state index contributed by atoms with van der Waals surface area (Å²) < 4.78 is 3.49. The first-order valence-electron chi connectivity index (χ1n) is 6.11. The van der Waals surface area contributed by atoms with Crippen LogP contribution in [0.1, 0.15) is 11.7 Å². The quantitative estimate of drug-likeness (QED) is 0.497. The van der Waals surface area contributed by atoms with Gasteiger partial charge < -0.3 is 5.32 Å². The number of pyridine rings is 1. The van der Waals surface area contributed by atoms with Crippen LogP contribution in [0.5, 0.6) is 0 Å². The van der Waals surface area contributed by atoms with Gasteiger partial charge in [-0.25, -0.2) is 9.25 Å². The number of hydrogen-bond acceptors (Lipinski definition) is 5. The number of nitrogens with one attached hydrogen (secondary N) is 1. The molecule has 1 unspecified atom stereocenters.